The molecule has 22 heavy (non-hydrogen) atoms. The zero-order chi connectivity index (χ0) is 15.5. The number of carboxylic acids is 1. The van der Waals surface area contributed by atoms with Crippen LogP contribution in [-0.4, -0.2) is 32.8 Å². The van der Waals surface area contributed by atoms with E-state index < -0.39 is 5.97 Å². The molecular formula is C16H19N3O3. The average Bonchev–Trinajstić information content (AvgIpc) is 2.91. The van der Waals surface area contributed by atoms with Crippen LogP contribution >= 0.6 is 0 Å². The average molecular weight is 301 g/mol. The van der Waals surface area contributed by atoms with Crippen LogP contribution in [0.2, 0.25) is 0 Å². The number of aliphatic carboxylic acids is 1. The number of hydrogen-bond acceptors (Lipinski definition) is 3. The van der Waals surface area contributed by atoms with Crippen molar-refractivity contribution in [3.63, 3.8) is 0 Å². The van der Waals surface area contributed by atoms with Gasteiger partial charge < -0.3 is 10.4 Å². The van der Waals surface area contributed by atoms with Crippen molar-refractivity contribution < 1.29 is 14.7 Å². The number of para-hydroxylation sites is 1. The van der Waals surface area contributed by atoms with Crippen LogP contribution in [0.5, 0.6) is 0 Å². The molecule has 2 aromatic rings. The van der Waals surface area contributed by atoms with Gasteiger partial charge in [0.2, 0.25) is 5.91 Å². The van der Waals surface area contributed by atoms with Gasteiger partial charge in [-0.15, -0.1) is 0 Å². The van der Waals surface area contributed by atoms with Crippen LogP contribution in [0.25, 0.3) is 10.9 Å². The fourth-order valence-corrected chi connectivity index (χ4v) is 3.05. The van der Waals surface area contributed by atoms with Gasteiger partial charge in [0.1, 0.15) is 6.54 Å². The number of nitrogens with zero attached hydrogens (tertiary/aromatic N) is 2. The first-order valence-corrected chi connectivity index (χ1v) is 7.56. The summed E-state index contributed by atoms with van der Waals surface area (Å²) in [5.74, 6) is -1.07. The summed E-state index contributed by atoms with van der Waals surface area (Å²) in [6.07, 6.45) is 4.46. The van der Waals surface area contributed by atoms with Gasteiger partial charge in [0.05, 0.1) is 17.6 Å². The normalized spacial score (nSPS) is 21.6. The minimum absolute atomic E-state index is 0.0740. The Kier molecular flexibility index (Phi) is 4.09. The molecule has 1 aliphatic rings. The van der Waals surface area contributed by atoms with Crippen LogP contribution in [0.15, 0.2) is 30.5 Å². The predicted molar refractivity (Wildman–Crippen MR) is 81.3 cm³/mol. The molecule has 1 aromatic heterocycles. The molecule has 0 bridgehead atoms. The van der Waals surface area contributed by atoms with Gasteiger partial charge in [0.15, 0.2) is 0 Å². The topological polar surface area (TPSA) is 84.2 Å². The smallest absolute Gasteiger partial charge is 0.306 e. The number of hydrogen-bond donors (Lipinski definition) is 2. The van der Waals surface area contributed by atoms with Gasteiger partial charge in [-0.3, -0.25) is 14.3 Å². The molecule has 116 valence electrons. The van der Waals surface area contributed by atoms with Crippen molar-refractivity contribution in [1.29, 1.82) is 0 Å². The summed E-state index contributed by atoms with van der Waals surface area (Å²) in [5, 5.41) is 17.2. The maximum absolute atomic E-state index is 12.1. The summed E-state index contributed by atoms with van der Waals surface area (Å²) in [6, 6.07) is 7.84. The summed E-state index contributed by atoms with van der Waals surface area (Å²) in [6.45, 7) is 0.187. The molecule has 3 rings (SSSR count). The van der Waals surface area contributed by atoms with Crippen LogP contribution in [-0.2, 0) is 16.1 Å². The third kappa shape index (κ3) is 3.10. The molecule has 0 saturated heterocycles. The molecule has 0 aliphatic heterocycles. The third-order valence-electron chi connectivity index (χ3n) is 4.29. The van der Waals surface area contributed by atoms with Crippen LogP contribution < -0.4 is 5.32 Å². The van der Waals surface area contributed by atoms with Crippen molar-refractivity contribution in [3.8, 4) is 0 Å². The Morgan fingerprint density at radius 3 is 2.68 bits per heavy atom. The number of fused-ring (bicyclic) bond motifs is 1. The molecule has 6 nitrogen and oxygen atoms in total. The van der Waals surface area contributed by atoms with E-state index in [0.29, 0.717) is 12.8 Å². The van der Waals surface area contributed by atoms with E-state index in [1.165, 1.54) is 0 Å². The molecule has 0 unspecified atom stereocenters. The largest absolute Gasteiger partial charge is 0.481 e. The highest BCUT2D eigenvalue weighted by molar-refractivity contribution is 5.82. The first-order chi connectivity index (χ1) is 10.6. The number of amides is 1. The Labute approximate surface area is 128 Å². The fraction of sp³-hybridized carbons (Fsp3) is 0.438. The number of rotatable bonds is 4. The molecule has 1 amide bonds. The first kappa shape index (κ1) is 14.6. The summed E-state index contributed by atoms with van der Waals surface area (Å²) in [5.41, 5.74) is 0.937. The summed E-state index contributed by atoms with van der Waals surface area (Å²) >= 11 is 0. The van der Waals surface area contributed by atoms with Crippen molar-refractivity contribution in [2.24, 2.45) is 5.92 Å². The Balaban J connectivity index is 1.56. The van der Waals surface area contributed by atoms with E-state index in [1.54, 1.807) is 10.9 Å². The van der Waals surface area contributed by atoms with Gasteiger partial charge in [-0.2, -0.15) is 5.10 Å². The van der Waals surface area contributed by atoms with Crippen molar-refractivity contribution >= 4 is 22.8 Å². The number of aromatic nitrogens is 2. The second-order valence-corrected chi connectivity index (χ2v) is 5.82. The molecule has 0 spiro atoms. The van der Waals surface area contributed by atoms with E-state index >= 15 is 0 Å². The number of nitrogens with one attached hydrogen (secondary N) is 1. The fourth-order valence-electron chi connectivity index (χ4n) is 3.05. The summed E-state index contributed by atoms with van der Waals surface area (Å²) in [7, 11) is 0. The van der Waals surface area contributed by atoms with Gasteiger partial charge in [-0.1, -0.05) is 18.2 Å². The van der Waals surface area contributed by atoms with Crippen LogP contribution in [0.1, 0.15) is 25.7 Å². The van der Waals surface area contributed by atoms with Gasteiger partial charge >= 0.3 is 5.97 Å². The van der Waals surface area contributed by atoms with Crippen LogP contribution in [0.4, 0.5) is 0 Å². The predicted octanol–water partition coefficient (Wildman–Crippen LogP) is 1.80. The summed E-state index contributed by atoms with van der Waals surface area (Å²) < 4.78 is 1.69. The highest BCUT2D eigenvalue weighted by atomic mass is 16.4. The third-order valence-corrected chi connectivity index (χ3v) is 4.29. The Morgan fingerprint density at radius 1 is 1.23 bits per heavy atom. The van der Waals surface area contributed by atoms with Gasteiger partial charge in [-0.25, -0.2) is 0 Å². The molecule has 1 aromatic carbocycles. The molecule has 0 radical (unpaired) electrons. The monoisotopic (exact) mass is 301 g/mol. The standard InChI is InChI=1S/C16H19N3O3/c20-15(18-13-7-5-11(6-8-13)16(21)22)10-19-14-4-2-1-3-12(14)9-17-19/h1-4,9,11,13H,5-8,10H2,(H,18,20)(H,21,22). The SMILES string of the molecule is O=C(Cn1ncc2ccccc21)NC1CCC(C(=O)O)CC1. The highest BCUT2D eigenvalue weighted by Gasteiger charge is 2.26. The quantitative estimate of drug-likeness (QED) is 0.902. The number of carbonyl (C=O) groups excluding carboxylic acids is 1. The van der Waals surface area contributed by atoms with Crippen LogP contribution in [0, 0.1) is 5.92 Å². The zero-order valence-corrected chi connectivity index (χ0v) is 12.2. The number of carboxylic acid groups (broad SMARTS) is 1. The minimum atomic E-state index is -0.729. The second kappa shape index (κ2) is 6.17. The molecule has 1 saturated carbocycles. The minimum Gasteiger partial charge on any atom is -0.481 e. The van der Waals surface area contributed by atoms with Gasteiger partial charge in [0, 0.05) is 11.4 Å². The van der Waals surface area contributed by atoms with Crippen molar-refractivity contribution in [1.82, 2.24) is 15.1 Å². The Hall–Kier alpha value is -2.37. The van der Waals surface area contributed by atoms with Crippen LogP contribution in [0.3, 0.4) is 0 Å². The van der Waals surface area contributed by atoms with Crippen molar-refractivity contribution in [2.45, 2.75) is 38.3 Å². The lowest BCUT2D eigenvalue weighted by atomic mass is 9.86. The maximum atomic E-state index is 12.1. The van der Waals surface area contributed by atoms with E-state index in [0.717, 1.165) is 23.7 Å². The van der Waals surface area contributed by atoms with E-state index in [4.69, 9.17) is 5.11 Å². The molecule has 1 heterocycles. The second-order valence-electron chi connectivity index (χ2n) is 5.82. The highest BCUT2D eigenvalue weighted by Crippen LogP contribution is 2.24. The molecule has 0 atom stereocenters. The maximum Gasteiger partial charge on any atom is 0.306 e. The van der Waals surface area contributed by atoms with Crippen molar-refractivity contribution in [3.05, 3.63) is 30.5 Å². The molecule has 1 fully saturated rings. The Bertz CT molecular complexity index is 687. The molecular weight excluding hydrogens is 282 g/mol. The lowest BCUT2D eigenvalue weighted by Gasteiger charge is -2.26. The lowest BCUT2D eigenvalue weighted by molar-refractivity contribution is -0.142. The number of benzene rings is 1. The van der Waals surface area contributed by atoms with E-state index in [9.17, 15) is 9.59 Å². The Morgan fingerprint density at radius 2 is 1.95 bits per heavy atom. The lowest BCUT2D eigenvalue weighted by Crippen LogP contribution is -2.40. The van der Waals surface area contributed by atoms with E-state index in [1.807, 2.05) is 24.3 Å². The van der Waals surface area contributed by atoms with E-state index in [-0.39, 0.29) is 24.4 Å². The molecule has 6 heteroatoms. The summed E-state index contributed by atoms with van der Waals surface area (Å²) in [4.78, 5) is 23.1. The zero-order valence-electron chi connectivity index (χ0n) is 12.2. The number of carbonyl (C=O) groups is 2. The first-order valence-electron chi connectivity index (χ1n) is 7.56. The van der Waals surface area contributed by atoms with Gasteiger partial charge in [-0.05, 0) is 31.7 Å². The molecule has 1 aliphatic carbocycles. The molecule has 2 N–H and O–H groups in total. The van der Waals surface area contributed by atoms with Crippen molar-refractivity contribution in [2.75, 3.05) is 0 Å². The van der Waals surface area contributed by atoms with E-state index in [2.05, 4.69) is 10.4 Å². The van der Waals surface area contributed by atoms with Gasteiger partial charge in [0.25, 0.3) is 0 Å².